The van der Waals surface area contributed by atoms with E-state index in [2.05, 4.69) is 0 Å². The smallest absolute Gasteiger partial charge is 1.00 e. The van der Waals surface area contributed by atoms with E-state index < -0.39 is 11.7 Å². The van der Waals surface area contributed by atoms with E-state index in [4.69, 9.17) is 4.74 Å². The summed E-state index contributed by atoms with van der Waals surface area (Å²) in [7, 11) is 3.39. The number of carbonyl (C=O) groups is 1. The first-order chi connectivity index (χ1) is 10.4. The average molecular weight is 411 g/mol. The summed E-state index contributed by atoms with van der Waals surface area (Å²) < 4.78 is 5.87. The Morgan fingerprint density at radius 2 is 1.71 bits per heavy atom. The number of ether oxygens (including phenoxy) is 1. The van der Waals surface area contributed by atoms with Crippen LogP contribution >= 0.6 is 0 Å². The molecule has 0 bridgehead atoms. The van der Waals surface area contributed by atoms with Crippen molar-refractivity contribution >= 4 is 29.0 Å². The molecule has 2 atom stereocenters. The van der Waals surface area contributed by atoms with Gasteiger partial charge in [0.25, 0.3) is 5.91 Å². The monoisotopic (exact) mass is 409 g/mol. The summed E-state index contributed by atoms with van der Waals surface area (Å²) in [5.74, 6) is -0.535. The molecule has 4 nitrogen and oxygen atoms in total. The largest absolute Gasteiger partial charge is 2.00 e. The van der Waals surface area contributed by atoms with Gasteiger partial charge in [0.15, 0.2) is 0 Å². The number of carbonyl (C=O) groups excluding carboxylic acids is 1. The van der Waals surface area contributed by atoms with Crippen LogP contribution in [-0.2, 0) is 16.1 Å². The van der Waals surface area contributed by atoms with Gasteiger partial charge in [0.1, 0.15) is 6.10 Å². The van der Waals surface area contributed by atoms with Crippen molar-refractivity contribution in [3.8, 4) is 0 Å². The number of likely N-dealkylation sites (N-methyl/N-ethyl adjacent to an activating group) is 1. The molecular weight excluding hydrogens is 382 g/mol. The second kappa shape index (κ2) is 12.2. The van der Waals surface area contributed by atoms with Gasteiger partial charge in [0, 0.05) is 14.1 Å². The predicted octanol–water partition coefficient (Wildman–Crippen LogP) is -1.16. The Labute approximate surface area is 172 Å². The number of nitrogens with zero attached hydrogens (tertiary/aromatic N) is 1. The molecule has 0 aliphatic rings. The van der Waals surface area contributed by atoms with Gasteiger partial charge in [-0.25, -0.2) is 0 Å². The molecule has 0 saturated heterocycles. The molecule has 0 aliphatic carbocycles. The topological polar surface area (TPSA) is 52.6 Å². The number of halogens is 1. The maximum atomic E-state index is 12.9. The SMILES string of the molecule is CCC([O-])(CC)[C@@H](C)[C@@H](OCc1ccccc1)C(=O)N(C)C.[Br-].[Mg+2]. The third-order valence-electron chi connectivity index (χ3n) is 4.44. The van der Waals surface area contributed by atoms with E-state index >= 15 is 0 Å². The summed E-state index contributed by atoms with van der Waals surface area (Å²) in [6.07, 6.45) is 0.250. The van der Waals surface area contributed by atoms with Gasteiger partial charge >= 0.3 is 23.1 Å². The van der Waals surface area contributed by atoms with E-state index in [0.29, 0.717) is 19.4 Å². The molecule has 1 rings (SSSR count). The van der Waals surface area contributed by atoms with Crippen LogP contribution < -0.4 is 22.1 Å². The summed E-state index contributed by atoms with van der Waals surface area (Å²) in [4.78, 5) is 13.9. The Bertz CT molecular complexity index is 467. The molecule has 0 saturated carbocycles. The van der Waals surface area contributed by atoms with Gasteiger partial charge in [-0.15, -0.1) is 5.60 Å². The average Bonchev–Trinajstić information content (AvgIpc) is 2.54. The Morgan fingerprint density at radius 3 is 2.12 bits per heavy atom. The Balaban J connectivity index is 0. The first-order valence-corrected chi connectivity index (χ1v) is 7.92. The van der Waals surface area contributed by atoms with Gasteiger partial charge < -0.3 is 31.7 Å². The second-order valence-electron chi connectivity index (χ2n) is 6.01. The minimum absolute atomic E-state index is 0. The van der Waals surface area contributed by atoms with Crippen LogP contribution in [0.15, 0.2) is 30.3 Å². The number of hydrogen-bond acceptors (Lipinski definition) is 3. The third-order valence-corrected chi connectivity index (χ3v) is 4.44. The summed E-state index contributed by atoms with van der Waals surface area (Å²) >= 11 is 0. The molecule has 0 N–H and O–H groups in total. The van der Waals surface area contributed by atoms with Gasteiger partial charge in [0.2, 0.25) is 0 Å². The molecule has 132 valence electrons. The molecule has 0 unspecified atom stereocenters. The van der Waals surface area contributed by atoms with Gasteiger partial charge in [-0.3, -0.25) is 4.79 Å². The van der Waals surface area contributed by atoms with Crippen LogP contribution in [0.4, 0.5) is 0 Å². The quantitative estimate of drug-likeness (QED) is 0.508. The maximum absolute atomic E-state index is 12.9. The Hall–Kier alpha value is -0.144. The van der Waals surface area contributed by atoms with Crippen molar-refractivity contribution in [1.29, 1.82) is 0 Å². The zero-order chi connectivity index (χ0) is 16.8. The van der Waals surface area contributed by atoms with Crippen molar-refractivity contribution in [1.82, 2.24) is 4.90 Å². The Kier molecular flexibility index (Phi) is 13.3. The number of amides is 1. The van der Waals surface area contributed by atoms with E-state index in [1.807, 2.05) is 51.1 Å². The van der Waals surface area contributed by atoms with E-state index in [0.717, 1.165) is 5.56 Å². The second-order valence-corrected chi connectivity index (χ2v) is 6.01. The zero-order valence-corrected chi connectivity index (χ0v) is 18.4. The summed E-state index contributed by atoms with van der Waals surface area (Å²) in [5, 5.41) is 12.9. The van der Waals surface area contributed by atoms with Crippen LogP contribution in [-0.4, -0.2) is 59.7 Å². The fourth-order valence-corrected chi connectivity index (χ4v) is 2.61. The van der Waals surface area contributed by atoms with Crippen molar-refractivity contribution in [2.24, 2.45) is 5.92 Å². The molecule has 0 fully saturated rings. The molecule has 0 spiro atoms. The summed E-state index contributed by atoms with van der Waals surface area (Å²) in [5.41, 5.74) is -0.150. The molecule has 1 amide bonds. The van der Waals surface area contributed by atoms with E-state index in [-0.39, 0.29) is 51.9 Å². The van der Waals surface area contributed by atoms with Crippen molar-refractivity contribution in [3.63, 3.8) is 0 Å². The number of rotatable bonds is 8. The van der Waals surface area contributed by atoms with Gasteiger partial charge in [-0.1, -0.05) is 63.9 Å². The van der Waals surface area contributed by atoms with E-state index in [1.54, 1.807) is 14.1 Å². The van der Waals surface area contributed by atoms with Crippen LogP contribution in [0.25, 0.3) is 0 Å². The van der Waals surface area contributed by atoms with Crippen LogP contribution in [0.2, 0.25) is 0 Å². The number of hydrogen-bond donors (Lipinski definition) is 0. The molecule has 24 heavy (non-hydrogen) atoms. The van der Waals surface area contributed by atoms with Gasteiger partial charge in [0.05, 0.1) is 6.61 Å². The minimum atomic E-state index is -1.15. The maximum Gasteiger partial charge on any atom is 2.00 e. The molecule has 1 aromatic carbocycles. The van der Waals surface area contributed by atoms with Crippen molar-refractivity contribution < 1.29 is 31.6 Å². The standard InChI is InChI=1S/C18H28NO3.BrH.Mg/c1-6-18(21,7-2)14(3)16(17(20)19(4)5)22-13-15-11-9-8-10-12-15;;/h8-12,14,16H,6-7,13H2,1-5H3;1H;/q-1;;+2/p-1/t14-,16+;;/m0../s1. The normalized spacial score (nSPS) is 13.2. The van der Waals surface area contributed by atoms with E-state index in [9.17, 15) is 9.90 Å². The predicted molar refractivity (Wildman–Crippen MR) is 91.9 cm³/mol. The van der Waals surface area contributed by atoms with Crippen LogP contribution in [0, 0.1) is 5.92 Å². The molecule has 0 heterocycles. The van der Waals surface area contributed by atoms with E-state index in [1.165, 1.54) is 4.90 Å². The zero-order valence-electron chi connectivity index (χ0n) is 15.4. The third kappa shape index (κ3) is 7.00. The molecule has 1 aromatic rings. The summed E-state index contributed by atoms with van der Waals surface area (Å²) in [6.45, 7) is 5.92. The summed E-state index contributed by atoms with van der Waals surface area (Å²) in [6, 6.07) is 9.70. The molecular formula is C18H28BrMgNO3. The fraction of sp³-hybridized carbons (Fsp3) is 0.611. The molecule has 0 radical (unpaired) electrons. The molecule has 6 heteroatoms. The van der Waals surface area contributed by atoms with Crippen LogP contribution in [0.5, 0.6) is 0 Å². The molecule has 0 aliphatic heterocycles. The Morgan fingerprint density at radius 1 is 1.21 bits per heavy atom. The number of benzene rings is 1. The van der Waals surface area contributed by atoms with Crippen molar-refractivity contribution in [2.75, 3.05) is 14.1 Å². The van der Waals surface area contributed by atoms with Crippen LogP contribution in [0.1, 0.15) is 39.2 Å². The first-order valence-electron chi connectivity index (χ1n) is 7.92. The fourth-order valence-electron chi connectivity index (χ4n) is 2.61. The minimum Gasteiger partial charge on any atom is -1.00 e. The van der Waals surface area contributed by atoms with Gasteiger partial charge in [-0.05, 0) is 11.5 Å². The van der Waals surface area contributed by atoms with Crippen molar-refractivity contribution in [3.05, 3.63) is 35.9 Å². The van der Waals surface area contributed by atoms with Crippen molar-refractivity contribution in [2.45, 2.75) is 51.9 Å². The molecule has 0 aromatic heterocycles. The van der Waals surface area contributed by atoms with Crippen LogP contribution in [0.3, 0.4) is 0 Å². The first kappa shape index (κ1) is 26.1. The van der Waals surface area contributed by atoms with Gasteiger partial charge in [-0.2, -0.15) is 0 Å².